The first-order valence-electron chi connectivity index (χ1n) is 11.3. The first-order valence-corrected chi connectivity index (χ1v) is 11.3. The maximum absolute atomic E-state index is 14.8. The van der Waals surface area contributed by atoms with Crippen LogP contribution in [0.15, 0.2) is 43.0 Å². The van der Waals surface area contributed by atoms with Gasteiger partial charge < -0.3 is 4.74 Å². The number of hydrogen-bond acceptors (Lipinski definition) is 1. The zero-order chi connectivity index (χ0) is 24.5. The van der Waals surface area contributed by atoms with Crippen LogP contribution in [0.1, 0.15) is 61.1 Å². The number of benzene rings is 2. The van der Waals surface area contributed by atoms with Gasteiger partial charge in [0.2, 0.25) is 0 Å². The Hall–Kier alpha value is -2.88. The molecule has 0 heterocycles. The summed E-state index contributed by atoms with van der Waals surface area (Å²) in [6.45, 7) is 3.91. The number of fused-ring (bicyclic) bond motifs is 1. The van der Waals surface area contributed by atoms with Crippen LogP contribution in [0.25, 0.3) is 0 Å². The second-order valence-electron chi connectivity index (χ2n) is 9.14. The lowest BCUT2D eigenvalue weighted by atomic mass is 9.64. The topological polar surface area (TPSA) is 9.23 Å². The molecule has 7 heteroatoms. The molecule has 0 saturated heterocycles. The van der Waals surface area contributed by atoms with Crippen molar-refractivity contribution in [2.75, 3.05) is 0 Å². The van der Waals surface area contributed by atoms with E-state index in [0.717, 1.165) is 50.7 Å². The van der Waals surface area contributed by atoms with Gasteiger partial charge in [-0.25, -0.2) is 13.2 Å². The summed E-state index contributed by atoms with van der Waals surface area (Å²) in [5.41, 5.74) is -0.200. The molecular formula is C27H24F6O. The fourth-order valence-electron chi connectivity index (χ4n) is 5.31. The molecule has 0 N–H and O–H groups in total. The summed E-state index contributed by atoms with van der Waals surface area (Å²) in [4.78, 5) is 0. The Balaban J connectivity index is 1.49. The Morgan fingerprint density at radius 2 is 1.53 bits per heavy atom. The Morgan fingerprint density at radius 3 is 2.18 bits per heavy atom. The van der Waals surface area contributed by atoms with Gasteiger partial charge in [-0.05, 0) is 92.0 Å². The van der Waals surface area contributed by atoms with Gasteiger partial charge in [-0.1, -0.05) is 17.9 Å². The lowest BCUT2D eigenvalue weighted by molar-refractivity contribution is -0.274. The predicted molar refractivity (Wildman–Crippen MR) is 117 cm³/mol. The maximum atomic E-state index is 14.8. The third-order valence-corrected chi connectivity index (χ3v) is 7.02. The Bertz CT molecular complexity index is 1100. The van der Waals surface area contributed by atoms with E-state index >= 15 is 0 Å². The van der Waals surface area contributed by atoms with E-state index in [2.05, 4.69) is 23.2 Å². The minimum Gasteiger partial charge on any atom is -0.406 e. The zero-order valence-corrected chi connectivity index (χ0v) is 18.4. The summed E-state index contributed by atoms with van der Waals surface area (Å²) >= 11 is 0. The van der Waals surface area contributed by atoms with Gasteiger partial charge in [0.1, 0.15) is 23.2 Å². The molecule has 2 fully saturated rings. The van der Waals surface area contributed by atoms with Crippen molar-refractivity contribution in [1.29, 1.82) is 0 Å². The summed E-state index contributed by atoms with van der Waals surface area (Å²) < 4.78 is 84.0. The Morgan fingerprint density at radius 1 is 0.853 bits per heavy atom. The lowest BCUT2D eigenvalue weighted by Crippen LogP contribution is -2.30. The molecule has 2 aliphatic rings. The van der Waals surface area contributed by atoms with Crippen molar-refractivity contribution in [3.05, 3.63) is 77.1 Å². The third-order valence-electron chi connectivity index (χ3n) is 7.02. The van der Waals surface area contributed by atoms with Crippen molar-refractivity contribution in [2.24, 2.45) is 17.8 Å². The van der Waals surface area contributed by atoms with Crippen LogP contribution in [0.2, 0.25) is 0 Å². The number of hydrogen-bond donors (Lipinski definition) is 0. The van der Waals surface area contributed by atoms with Crippen molar-refractivity contribution in [3.63, 3.8) is 0 Å². The van der Waals surface area contributed by atoms with Gasteiger partial charge in [0.25, 0.3) is 0 Å². The summed E-state index contributed by atoms with van der Waals surface area (Å²) in [6.07, 6.45) is 3.21. The second-order valence-corrected chi connectivity index (χ2v) is 9.14. The molecule has 0 aliphatic heterocycles. The molecule has 4 atom stereocenters. The third kappa shape index (κ3) is 5.60. The van der Waals surface area contributed by atoms with Crippen LogP contribution < -0.4 is 4.74 Å². The number of alkyl halides is 3. The summed E-state index contributed by atoms with van der Waals surface area (Å²) in [7, 11) is 0. The van der Waals surface area contributed by atoms with E-state index < -0.39 is 35.1 Å². The van der Waals surface area contributed by atoms with E-state index in [1.165, 1.54) is 12.1 Å². The molecule has 0 bridgehead atoms. The second kappa shape index (κ2) is 9.77. The maximum Gasteiger partial charge on any atom is 0.573 e. The zero-order valence-electron chi connectivity index (χ0n) is 18.4. The summed E-state index contributed by atoms with van der Waals surface area (Å²) in [5, 5.41) is 0. The van der Waals surface area contributed by atoms with E-state index in [1.54, 1.807) is 0 Å². The smallest absolute Gasteiger partial charge is 0.406 e. The molecule has 2 aliphatic carbocycles. The SMILES string of the molecule is C=CC1CCC2CC(c3cc(F)c(C#Cc4ccc(OC(F)(F)F)cc4F)c(F)c3)CCC2C1. The molecule has 4 unspecified atom stereocenters. The molecule has 34 heavy (non-hydrogen) atoms. The molecular weight excluding hydrogens is 454 g/mol. The van der Waals surface area contributed by atoms with Gasteiger partial charge in [-0.15, -0.1) is 19.8 Å². The normalized spacial score (nSPS) is 24.5. The molecule has 2 saturated carbocycles. The summed E-state index contributed by atoms with van der Waals surface area (Å²) in [6, 6.07) is 4.96. The molecule has 2 aromatic carbocycles. The number of ether oxygens (including phenoxy) is 1. The monoisotopic (exact) mass is 478 g/mol. The highest BCUT2D eigenvalue weighted by atomic mass is 19.4. The molecule has 0 amide bonds. The van der Waals surface area contributed by atoms with Crippen LogP contribution in [0.4, 0.5) is 26.3 Å². The predicted octanol–water partition coefficient (Wildman–Crippen LogP) is 7.89. The first-order chi connectivity index (χ1) is 16.1. The highest BCUT2D eigenvalue weighted by Crippen LogP contribution is 2.48. The van der Waals surface area contributed by atoms with Gasteiger partial charge >= 0.3 is 6.36 Å². The molecule has 0 spiro atoms. The van der Waals surface area contributed by atoms with Gasteiger partial charge in [-0.2, -0.15) is 0 Å². The molecule has 0 aromatic heterocycles. The van der Waals surface area contributed by atoms with Crippen LogP contribution in [0.3, 0.4) is 0 Å². The van der Waals surface area contributed by atoms with Crippen molar-refractivity contribution in [1.82, 2.24) is 0 Å². The molecule has 4 rings (SSSR count). The van der Waals surface area contributed by atoms with E-state index in [1.807, 2.05) is 6.08 Å². The highest BCUT2D eigenvalue weighted by molar-refractivity contribution is 5.47. The lowest BCUT2D eigenvalue weighted by Gasteiger charge is -2.41. The minimum atomic E-state index is -4.96. The number of rotatable bonds is 3. The molecule has 1 nitrogen and oxygen atoms in total. The number of halogens is 6. The Labute approximate surface area is 194 Å². The minimum absolute atomic E-state index is 0.0751. The Kier molecular flexibility index (Phi) is 6.97. The summed E-state index contributed by atoms with van der Waals surface area (Å²) in [5.74, 6) is 2.89. The van der Waals surface area contributed by atoms with Crippen LogP contribution in [0, 0.1) is 47.0 Å². The van der Waals surface area contributed by atoms with E-state index in [9.17, 15) is 26.3 Å². The van der Waals surface area contributed by atoms with Crippen LogP contribution in [0.5, 0.6) is 5.75 Å². The first kappa shape index (κ1) is 24.3. The highest BCUT2D eigenvalue weighted by Gasteiger charge is 2.35. The standard InChI is InChI=1S/C27H24F6O/c1-2-16-3-4-19-12-20(6-5-18(19)11-16)21-13-25(29)23(26(30)14-21)10-8-17-7-9-22(15-24(17)28)34-27(31,32)33/h2,7,9,13-16,18-20H,1,3-6,11-12H2. The van der Waals surface area contributed by atoms with Crippen LogP contribution >= 0.6 is 0 Å². The molecule has 180 valence electrons. The van der Waals surface area contributed by atoms with Crippen molar-refractivity contribution >= 4 is 0 Å². The van der Waals surface area contributed by atoms with Crippen molar-refractivity contribution in [3.8, 4) is 17.6 Å². The van der Waals surface area contributed by atoms with Crippen LogP contribution in [-0.2, 0) is 0 Å². The average Bonchev–Trinajstić information content (AvgIpc) is 2.77. The fraction of sp³-hybridized carbons (Fsp3) is 0.407. The van der Waals surface area contributed by atoms with E-state index in [-0.39, 0.29) is 11.5 Å². The van der Waals surface area contributed by atoms with Gasteiger partial charge in [0.15, 0.2) is 0 Å². The van der Waals surface area contributed by atoms with Crippen molar-refractivity contribution < 1.29 is 31.1 Å². The quantitative estimate of drug-likeness (QED) is 0.248. The number of allylic oxidation sites excluding steroid dienone is 1. The van der Waals surface area contributed by atoms with E-state index in [0.29, 0.717) is 29.4 Å². The van der Waals surface area contributed by atoms with Gasteiger partial charge in [-0.3, -0.25) is 0 Å². The molecule has 0 radical (unpaired) electrons. The van der Waals surface area contributed by atoms with Gasteiger partial charge in [0, 0.05) is 6.07 Å². The average molecular weight is 478 g/mol. The largest absolute Gasteiger partial charge is 0.573 e. The van der Waals surface area contributed by atoms with E-state index in [4.69, 9.17) is 0 Å². The fourth-order valence-corrected chi connectivity index (χ4v) is 5.31. The van der Waals surface area contributed by atoms with Crippen LogP contribution in [-0.4, -0.2) is 6.36 Å². The molecule has 2 aromatic rings. The van der Waals surface area contributed by atoms with Gasteiger partial charge in [0.05, 0.1) is 11.1 Å². The van der Waals surface area contributed by atoms with Crippen molar-refractivity contribution in [2.45, 2.75) is 50.8 Å².